The van der Waals surface area contributed by atoms with E-state index < -0.39 is 0 Å². The summed E-state index contributed by atoms with van der Waals surface area (Å²) < 4.78 is 0. The number of nitrogens with zero attached hydrogens (tertiary/aromatic N) is 1. The van der Waals surface area contributed by atoms with Crippen LogP contribution in [0.5, 0.6) is 0 Å². The first-order chi connectivity index (χ1) is 12.6. The molecule has 2 aromatic carbocycles. The van der Waals surface area contributed by atoms with Crippen LogP contribution in [0.25, 0.3) is 0 Å². The molecule has 3 N–H and O–H groups in total. The Balaban J connectivity index is 0.00000261. The summed E-state index contributed by atoms with van der Waals surface area (Å²) in [5.74, 6) is 0.870. The molecule has 1 aliphatic rings. The molecule has 1 heterocycles. The highest BCUT2D eigenvalue weighted by atomic mass is 35.5. The molecule has 4 nitrogen and oxygen atoms in total. The SMILES string of the molecule is Cc1ccccc1CNC(=O)C(C)N1C[C@@H](CN)[C@H](c2ccccc2)C1.Cl. The van der Waals surface area contributed by atoms with Crippen molar-refractivity contribution >= 4 is 18.3 Å². The van der Waals surface area contributed by atoms with Gasteiger partial charge in [0, 0.05) is 25.6 Å². The van der Waals surface area contributed by atoms with Crippen molar-refractivity contribution in [2.45, 2.75) is 32.4 Å². The van der Waals surface area contributed by atoms with Gasteiger partial charge in [-0.2, -0.15) is 0 Å². The highest BCUT2D eigenvalue weighted by molar-refractivity contribution is 5.85. The molecule has 146 valence electrons. The van der Waals surface area contributed by atoms with Crippen LogP contribution in [0.15, 0.2) is 54.6 Å². The van der Waals surface area contributed by atoms with Gasteiger partial charge in [-0.05, 0) is 43.0 Å². The standard InChI is InChI=1S/C22H29N3O.ClH/c1-16-8-6-7-11-19(16)13-24-22(26)17(2)25-14-20(12-23)21(15-25)18-9-4-3-5-10-18;/h3-11,17,20-21H,12-15,23H2,1-2H3,(H,24,26);1H/t17?,20-,21+;/m1./s1. The summed E-state index contributed by atoms with van der Waals surface area (Å²) in [6.07, 6.45) is 0. The van der Waals surface area contributed by atoms with Crippen molar-refractivity contribution in [1.82, 2.24) is 10.2 Å². The number of carbonyl (C=O) groups excluding carboxylic acids is 1. The lowest BCUT2D eigenvalue weighted by atomic mass is 9.89. The van der Waals surface area contributed by atoms with E-state index in [2.05, 4.69) is 53.5 Å². The number of benzene rings is 2. The normalized spacial score (nSPS) is 20.7. The summed E-state index contributed by atoms with van der Waals surface area (Å²) in [6.45, 7) is 7.04. The van der Waals surface area contributed by atoms with Gasteiger partial charge in [0.15, 0.2) is 0 Å². The lowest BCUT2D eigenvalue weighted by Gasteiger charge is -2.24. The first-order valence-electron chi connectivity index (χ1n) is 9.41. The summed E-state index contributed by atoms with van der Waals surface area (Å²) in [7, 11) is 0. The van der Waals surface area contributed by atoms with Crippen molar-refractivity contribution in [3.63, 3.8) is 0 Å². The number of nitrogens with one attached hydrogen (secondary N) is 1. The van der Waals surface area contributed by atoms with Gasteiger partial charge >= 0.3 is 0 Å². The van der Waals surface area contributed by atoms with Crippen molar-refractivity contribution in [2.24, 2.45) is 11.7 Å². The van der Waals surface area contributed by atoms with Gasteiger partial charge in [0.1, 0.15) is 0 Å². The van der Waals surface area contributed by atoms with Crippen LogP contribution in [0.4, 0.5) is 0 Å². The van der Waals surface area contributed by atoms with E-state index in [1.54, 1.807) is 0 Å². The molecule has 2 aromatic rings. The van der Waals surface area contributed by atoms with Crippen LogP contribution in [0, 0.1) is 12.8 Å². The van der Waals surface area contributed by atoms with E-state index in [1.807, 2.05) is 25.1 Å². The lowest BCUT2D eigenvalue weighted by Crippen LogP contribution is -2.44. The van der Waals surface area contributed by atoms with Gasteiger partial charge < -0.3 is 11.1 Å². The van der Waals surface area contributed by atoms with Crippen LogP contribution in [0.1, 0.15) is 29.5 Å². The van der Waals surface area contributed by atoms with Crippen molar-refractivity contribution in [3.8, 4) is 0 Å². The molecule has 1 unspecified atom stereocenters. The lowest BCUT2D eigenvalue weighted by molar-refractivity contribution is -0.125. The monoisotopic (exact) mass is 387 g/mol. The molecule has 5 heteroatoms. The molecule has 0 saturated carbocycles. The molecule has 1 aliphatic heterocycles. The Kier molecular flexibility index (Phi) is 7.84. The van der Waals surface area contributed by atoms with Crippen LogP contribution in [-0.4, -0.2) is 36.5 Å². The third-order valence-corrected chi connectivity index (χ3v) is 5.64. The number of carbonyl (C=O) groups is 1. The molecule has 3 atom stereocenters. The molecule has 27 heavy (non-hydrogen) atoms. The quantitative estimate of drug-likeness (QED) is 0.800. The smallest absolute Gasteiger partial charge is 0.237 e. The van der Waals surface area contributed by atoms with Crippen molar-refractivity contribution < 1.29 is 4.79 Å². The molecule has 0 spiro atoms. The number of likely N-dealkylation sites (tertiary alicyclic amines) is 1. The van der Waals surface area contributed by atoms with E-state index >= 15 is 0 Å². The third kappa shape index (κ3) is 5.10. The Morgan fingerprint density at radius 1 is 1.15 bits per heavy atom. The van der Waals surface area contributed by atoms with Crippen LogP contribution >= 0.6 is 12.4 Å². The molecule has 0 bridgehead atoms. The van der Waals surface area contributed by atoms with Crippen LogP contribution < -0.4 is 11.1 Å². The zero-order chi connectivity index (χ0) is 18.5. The maximum atomic E-state index is 12.7. The van der Waals surface area contributed by atoms with Gasteiger partial charge in [-0.3, -0.25) is 9.69 Å². The van der Waals surface area contributed by atoms with E-state index in [-0.39, 0.29) is 24.4 Å². The van der Waals surface area contributed by atoms with Gasteiger partial charge in [-0.15, -0.1) is 12.4 Å². The molecule has 0 aliphatic carbocycles. The second kappa shape index (κ2) is 9.88. The minimum absolute atomic E-state index is 0. The average Bonchev–Trinajstić information content (AvgIpc) is 3.11. The summed E-state index contributed by atoms with van der Waals surface area (Å²) in [4.78, 5) is 14.9. The molecule has 3 rings (SSSR count). The Morgan fingerprint density at radius 2 is 1.81 bits per heavy atom. The number of aryl methyl sites for hydroxylation is 1. The molecule has 0 radical (unpaired) electrons. The zero-order valence-corrected chi connectivity index (χ0v) is 16.9. The number of halogens is 1. The molecular weight excluding hydrogens is 358 g/mol. The predicted molar refractivity (Wildman–Crippen MR) is 113 cm³/mol. The average molecular weight is 388 g/mol. The third-order valence-electron chi connectivity index (χ3n) is 5.64. The van der Waals surface area contributed by atoms with E-state index in [0.29, 0.717) is 24.9 Å². The fraction of sp³-hybridized carbons (Fsp3) is 0.409. The van der Waals surface area contributed by atoms with Crippen LogP contribution in [0.2, 0.25) is 0 Å². The largest absolute Gasteiger partial charge is 0.351 e. The summed E-state index contributed by atoms with van der Waals surface area (Å²) in [5.41, 5.74) is 9.71. The number of amides is 1. The first-order valence-corrected chi connectivity index (χ1v) is 9.41. The van der Waals surface area contributed by atoms with Gasteiger partial charge in [0.25, 0.3) is 0 Å². The van der Waals surface area contributed by atoms with E-state index in [9.17, 15) is 4.79 Å². The molecular formula is C22H30ClN3O. The summed E-state index contributed by atoms with van der Waals surface area (Å²) in [6, 6.07) is 18.5. The van der Waals surface area contributed by atoms with Crippen LogP contribution in [0.3, 0.4) is 0 Å². The Hall–Kier alpha value is -1.88. The Morgan fingerprint density at radius 3 is 2.48 bits per heavy atom. The second-order valence-corrected chi connectivity index (χ2v) is 7.29. The van der Waals surface area contributed by atoms with E-state index in [0.717, 1.165) is 18.7 Å². The topological polar surface area (TPSA) is 58.4 Å². The van der Waals surface area contributed by atoms with E-state index in [1.165, 1.54) is 11.1 Å². The summed E-state index contributed by atoms with van der Waals surface area (Å²) in [5, 5.41) is 3.09. The highest BCUT2D eigenvalue weighted by Gasteiger charge is 2.36. The van der Waals surface area contributed by atoms with Gasteiger partial charge in [0.05, 0.1) is 6.04 Å². The fourth-order valence-electron chi connectivity index (χ4n) is 3.84. The number of nitrogens with two attached hydrogens (primary N) is 1. The minimum Gasteiger partial charge on any atom is -0.351 e. The maximum absolute atomic E-state index is 12.7. The highest BCUT2D eigenvalue weighted by Crippen LogP contribution is 2.33. The molecule has 1 fully saturated rings. The first kappa shape index (κ1) is 21.4. The zero-order valence-electron chi connectivity index (χ0n) is 16.1. The second-order valence-electron chi connectivity index (χ2n) is 7.29. The molecule has 0 aromatic heterocycles. The fourth-order valence-corrected chi connectivity index (χ4v) is 3.84. The maximum Gasteiger partial charge on any atom is 0.237 e. The number of hydrogen-bond acceptors (Lipinski definition) is 3. The predicted octanol–water partition coefficient (Wildman–Crippen LogP) is 3.10. The van der Waals surface area contributed by atoms with Gasteiger partial charge in [-0.1, -0.05) is 54.6 Å². The van der Waals surface area contributed by atoms with Crippen molar-refractivity contribution in [3.05, 3.63) is 71.3 Å². The van der Waals surface area contributed by atoms with Crippen LogP contribution in [-0.2, 0) is 11.3 Å². The van der Waals surface area contributed by atoms with Gasteiger partial charge in [-0.25, -0.2) is 0 Å². The van der Waals surface area contributed by atoms with Crippen molar-refractivity contribution in [2.75, 3.05) is 19.6 Å². The molecule has 1 saturated heterocycles. The number of rotatable bonds is 6. The number of hydrogen-bond donors (Lipinski definition) is 2. The minimum atomic E-state index is -0.151. The van der Waals surface area contributed by atoms with Crippen molar-refractivity contribution in [1.29, 1.82) is 0 Å². The van der Waals surface area contributed by atoms with Gasteiger partial charge in [0.2, 0.25) is 5.91 Å². The summed E-state index contributed by atoms with van der Waals surface area (Å²) >= 11 is 0. The van der Waals surface area contributed by atoms with E-state index in [4.69, 9.17) is 5.73 Å². The molecule has 1 amide bonds. The Bertz CT molecular complexity index is 737. The Labute approximate surface area is 168 Å².